The van der Waals surface area contributed by atoms with Gasteiger partial charge in [0.25, 0.3) is 5.91 Å². The van der Waals surface area contributed by atoms with E-state index in [2.05, 4.69) is 47.2 Å². The molecule has 2 N–H and O–H groups in total. The summed E-state index contributed by atoms with van der Waals surface area (Å²) >= 11 is 3.47. The number of rotatable bonds is 6. The van der Waals surface area contributed by atoms with Gasteiger partial charge in [-0.3, -0.25) is 4.79 Å². The van der Waals surface area contributed by atoms with Crippen LogP contribution in [-0.4, -0.2) is 30.9 Å². The lowest BCUT2D eigenvalue weighted by molar-refractivity contribution is -0.123. The number of hydrazone groups is 1. The van der Waals surface area contributed by atoms with Gasteiger partial charge < -0.3 is 14.6 Å². The Morgan fingerprint density at radius 2 is 2.00 bits per heavy atom. The lowest BCUT2D eigenvalue weighted by Gasteiger charge is -2.20. The number of halogens is 1. The van der Waals surface area contributed by atoms with Crippen LogP contribution in [0.25, 0.3) is 0 Å². The Hall–Kier alpha value is -2.54. The van der Waals surface area contributed by atoms with Crippen LogP contribution in [0.4, 0.5) is 0 Å². The van der Waals surface area contributed by atoms with Gasteiger partial charge in [0.2, 0.25) is 0 Å². The molecule has 0 aliphatic heterocycles. The van der Waals surface area contributed by atoms with Crippen molar-refractivity contribution in [2.75, 3.05) is 13.7 Å². The van der Waals surface area contributed by atoms with Crippen LogP contribution in [0.5, 0.6) is 17.2 Å². The number of ether oxygens (including phenoxy) is 2. The number of para-hydroxylation sites is 1. The van der Waals surface area contributed by atoms with Crippen molar-refractivity contribution in [2.45, 2.75) is 26.2 Å². The number of nitrogens with zero attached hydrogens (tertiary/aromatic N) is 1. The molecule has 27 heavy (non-hydrogen) atoms. The number of carbonyl (C=O) groups is 1. The first-order valence-corrected chi connectivity index (χ1v) is 9.12. The zero-order valence-corrected chi connectivity index (χ0v) is 17.3. The molecule has 0 heterocycles. The van der Waals surface area contributed by atoms with Crippen molar-refractivity contribution in [2.24, 2.45) is 5.10 Å². The Morgan fingerprint density at radius 3 is 2.63 bits per heavy atom. The predicted octanol–water partition coefficient (Wildman–Crippen LogP) is 3.99. The quantitative estimate of drug-likeness (QED) is 0.531. The van der Waals surface area contributed by atoms with Gasteiger partial charge in [-0.1, -0.05) is 32.9 Å². The number of hydrogen-bond acceptors (Lipinski definition) is 5. The smallest absolute Gasteiger partial charge is 0.277 e. The molecule has 2 aromatic rings. The molecule has 0 bridgehead atoms. The molecule has 0 aliphatic carbocycles. The standard InChI is InChI=1S/C20H23BrN2O4/c1-20(2,3)14-8-9-16(15(21)10-14)27-12-18(24)23-22-11-13-6-5-7-17(26-4)19(13)25/h5-11,25H,12H2,1-4H3,(H,23,24)/b22-11+. The number of phenols is 1. The molecule has 0 aromatic heterocycles. The summed E-state index contributed by atoms with van der Waals surface area (Å²) in [6, 6.07) is 10.8. The summed E-state index contributed by atoms with van der Waals surface area (Å²) in [5, 5.41) is 13.8. The molecule has 0 atom stereocenters. The second-order valence-corrected chi connectivity index (χ2v) is 7.73. The summed E-state index contributed by atoms with van der Waals surface area (Å²) in [6.07, 6.45) is 1.34. The Bertz CT molecular complexity index is 844. The number of hydrogen-bond donors (Lipinski definition) is 2. The summed E-state index contributed by atoms with van der Waals surface area (Å²) in [4.78, 5) is 11.9. The molecule has 2 rings (SSSR count). The molecule has 0 aliphatic rings. The molecule has 1 amide bonds. The summed E-state index contributed by atoms with van der Waals surface area (Å²) in [5.41, 5.74) is 3.97. The highest BCUT2D eigenvalue weighted by Gasteiger charge is 2.15. The van der Waals surface area contributed by atoms with Crippen LogP contribution >= 0.6 is 15.9 Å². The van der Waals surface area contributed by atoms with Crippen molar-refractivity contribution in [1.29, 1.82) is 0 Å². The monoisotopic (exact) mass is 434 g/mol. The van der Waals surface area contributed by atoms with Gasteiger partial charge in [0.1, 0.15) is 5.75 Å². The number of aromatic hydroxyl groups is 1. The topological polar surface area (TPSA) is 80.2 Å². The number of phenolic OH excluding ortho intramolecular Hbond substituents is 1. The summed E-state index contributed by atoms with van der Waals surface area (Å²) in [5.74, 6) is 0.447. The molecule has 7 heteroatoms. The molecule has 0 fully saturated rings. The van der Waals surface area contributed by atoms with Crippen LogP contribution in [0.2, 0.25) is 0 Å². The highest BCUT2D eigenvalue weighted by atomic mass is 79.9. The second kappa shape index (κ2) is 8.90. The summed E-state index contributed by atoms with van der Waals surface area (Å²) in [6.45, 7) is 6.19. The first-order chi connectivity index (χ1) is 12.7. The first kappa shape index (κ1) is 20.8. The van der Waals surface area contributed by atoms with Gasteiger partial charge in [0.15, 0.2) is 18.1 Å². The van der Waals surface area contributed by atoms with Gasteiger partial charge in [-0.25, -0.2) is 5.43 Å². The minimum atomic E-state index is -0.416. The third kappa shape index (κ3) is 5.72. The van der Waals surface area contributed by atoms with Crippen molar-refractivity contribution in [3.63, 3.8) is 0 Å². The van der Waals surface area contributed by atoms with E-state index in [1.807, 2.05) is 18.2 Å². The molecule has 0 saturated heterocycles. The van der Waals surface area contributed by atoms with Crippen molar-refractivity contribution in [3.05, 3.63) is 52.0 Å². The maximum atomic E-state index is 11.9. The van der Waals surface area contributed by atoms with Crippen LogP contribution < -0.4 is 14.9 Å². The summed E-state index contributed by atoms with van der Waals surface area (Å²) in [7, 11) is 1.46. The summed E-state index contributed by atoms with van der Waals surface area (Å²) < 4.78 is 11.3. The van der Waals surface area contributed by atoms with Crippen LogP contribution in [0, 0.1) is 0 Å². The minimum absolute atomic E-state index is 0.0266. The molecule has 6 nitrogen and oxygen atoms in total. The zero-order chi connectivity index (χ0) is 20.0. The van der Waals surface area contributed by atoms with E-state index >= 15 is 0 Å². The van der Waals surface area contributed by atoms with E-state index in [0.29, 0.717) is 17.1 Å². The normalized spacial score (nSPS) is 11.4. The van der Waals surface area contributed by atoms with Crippen LogP contribution in [0.3, 0.4) is 0 Å². The van der Waals surface area contributed by atoms with E-state index in [9.17, 15) is 9.90 Å². The first-order valence-electron chi connectivity index (χ1n) is 8.33. The number of nitrogens with one attached hydrogen (secondary N) is 1. The van der Waals surface area contributed by atoms with E-state index in [1.165, 1.54) is 13.3 Å². The molecular weight excluding hydrogens is 412 g/mol. The number of amides is 1. The largest absolute Gasteiger partial charge is 0.504 e. The molecule has 2 aromatic carbocycles. The Morgan fingerprint density at radius 1 is 1.26 bits per heavy atom. The molecule has 0 spiro atoms. The minimum Gasteiger partial charge on any atom is -0.504 e. The van der Waals surface area contributed by atoms with E-state index in [-0.39, 0.29) is 17.8 Å². The van der Waals surface area contributed by atoms with Crippen LogP contribution in [0.15, 0.2) is 46.0 Å². The lowest BCUT2D eigenvalue weighted by Crippen LogP contribution is -2.24. The Kier molecular flexibility index (Phi) is 6.85. The zero-order valence-electron chi connectivity index (χ0n) is 15.7. The van der Waals surface area contributed by atoms with Crippen molar-refractivity contribution >= 4 is 28.1 Å². The fourth-order valence-electron chi connectivity index (χ4n) is 2.24. The predicted molar refractivity (Wildman–Crippen MR) is 109 cm³/mol. The number of carbonyl (C=O) groups excluding carboxylic acids is 1. The van der Waals surface area contributed by atoms with E-state index in [0.717, 1.165) is 10.0 Å². The fourth-order valence-corrected chi connectivity index (χ4v) is 2.74. The van der Waals surface area contributed by atoms with Gasteiger partial charge in [0.05, 0.1) is 17.8 Å². The number of methoxy groups -OCH3 is 1. The maximum absolute atomic E-state index is 11.9. The highest BCUT2D eigenvalue weighted by Crippen LogP contribution is 2.31. The van der Waals surface area contributed by atoms with Gasteiger partial charge in [-0.05, 0) is 51.2 Å². The van der Waals surface area contributed by atoms with Gasteiger partial charge >= 0.3 is 0 Å². The van der Waals surface area contributed by atoms with Gasteiger partial charge in [-0.2, -0.15) is 5.10 Å². The average molecular weight is 435 g/mol. The third-order valence-electron chi connectivity index (χ3n) is 3.80. The molecular formula is C20H23BrN2O4. The van der Waals surface area contributed by atoms with Crippen LogP contribution in [-0.2, 0) is 10.2 Å². The lowest BCUT2D eigenvalue weighted by atomic mass is 9.87. The molecule has 0 unspecified atom stereocenters. The number of benzene rings is 2. The Labute approximate surface area is 167 Å². The van der Waals surface area contributed by atoms with Crippen LogP contribution in [0.1, 0.15) is 31.9 Å². The molecule has 144 valence electrons. The van der Waals surface area contributed by atoms with Gasteiger partial charge in [0, 0.05) is 5.56 Å². The van der Waals surface area contributed by atoms with Crippen molar-refractivity contribution < 1.29 is 19.4 Å². The Balaban J connectivity index is 1.92. The highest BCUT2D eigenvalue weighted by molar-refractivity contribution is 9.10. The van der Waals surface area contributed by atoms with E-state index in [4.69, 9.17) is 9.47 Å². The van der Waals surface area contributed by atoms with E-state index in [1.54, 1.807) is 18.2 Å². The van der Waals surface area contributed by atoms with Crippen molar-refractivity contribution in [3.8, 4) is 17.2 Å². The molecule has 0 radical (unpaired) electrons. The van der Waals surface area contributed by atoms with Crippen molar-refractivity contribution in [1.82, 2.24) is 5.43 Å². The fraction of sp³-hybridized carbons (Fsp3) is 0.300. The SMILES string of the molecule is COc1cccc(/C=N/NC(=O)COc2ccc(C(C)(C)C)cc2Br)c1O. The molecule has 0 saturated carbocycles. The second-order valence-electron chi connectivity index (χ2n) is 6.88. The average Bonchev–Trinajstić information content (AvgIpc) is 2.61. The maximum Gasteiger partial charge on any atom is 0.277 e. The van der Waals surface area contributed by atoms with E-state index < -0.39 is 5.91 Å². The van der Waals surface area contributed by atoms with Gasteiger partial charge in [-0.15, -0.1) is 0 Å². The third-order valence-corrected chi connectivity index (χ3v) is 4.42.